The second-order valence-corrected chi connectivity index (χ2v) is 2.68. The van der Waals surface area contributed by atoms with Crippen LogP contribution in [0, 0.1) is 5.82 Å². The molecule has 0 aliphatic rings. The number of aliphatic carboxylic acids is 1. The number of carboxylic acids is 1. The number of phenolic OH excluding ortho intramolecular Hbond substituents is 1. The second-order valence-electron chi connectivity index (χ2n) is 2.68. The molecular formula is C10H9FO3. The van der Waals surface area contributed by atoms with E-state index in [2.05, 4.69) is 0 Å². The summed E-state index contributed by atoms with van der Waals surface area (Å²) in [5, 5.41) is 17.5. The molecule has 74 valence electrons. The Morgan fingerprint density at radius 3 is 2.86 bits per heavy atom. The van der Waals surface area contributed by atoms with E-state index < -0.39 is 17.5 Å². The number of rotatable bonds is 3. The fourth-order valence-electron chi connectivity index (χ4n) is 0.953. The van der Waals surface area contributed by atoms with E-state index in [0.29, 0.717) is 0 Å². The standard InChI is InChI=1S/C10H9FO3/c11-8-5-1-3-7(10(8)14)4-2-6-9(12)13/h1-5,14H,6H2,(H,12,13). The minimum absolute atomic E-state index is 0.157. The maximum absolute atomic E-state index is 12.8. The van der Waals surface area contributed by atoms with Gasteiger partial charge < -0.3 is 10.2 Å². The zero-order chi connectivity index (χ0) is 10.6. The van der Waals surface area contributed by atoms with Crippen molar-refractivity contribution in [1.82, 2.24) is 0 Å². The van der Waals surface area contributed by atoms with E-state index in [1.54, 1.807) is 0 Å². The third kappa shape index (κ3) is 2.58. The Balaban J connectivity index is 2.81. The molecule has 0 radical (unpaired) electrons. The van der Waals surface area contributed by atoms with Crippen LogP contribution in [0.2, 0.25) is 0 Å². The summed E-state index contributed by atoms with van der Waals surface area (Å²) >= 11 is 0. The van der Waals surface area contributed by atoms with Crippen LogP contribution in [-0.4, -0.2) is 16.2 Å². The van der Waals surface area contributed by atoms with Crippen molar-refractivity contribution in [2.75, 3.05) is 0 Å². The number of phenols is 1. The van der Waals surface area contributed by atoms with Crippen molar-refractivity contribution >= 4 is 12.0 Å². The smallest absolute Gasteiger partial charge is 0.307 e. The lowest BCUT2D eigenvalue weighted by Crippen LogP contribution is -1.89. The Hall–Kier alpha value is -1.84. The molecule has 0 heterocycles. The highest BCUT2D eigenvalue weighted by Gasteiger charge is 2.02. The van der Waals surface area contributed by atoms with E-state index in [0.717, 1.165) is 6.07 Å². The first kappa shape index (κ1) is 10.2. The predicted molar refractivity (Wildman–Crippen MR) is 49.4 cm³/mol. The highest BCUT2D eigenvalue weighted by atomic mass is 19.1. The molecule has 0 aliphatic heterocycles. The molecule has 1 aromatic carbocycles. The molecule has 0 aliphatic carbocycles. The van der Waals surface area contributed by atoms with Gasteiger partial charge in [-0.3, -0.25) is 4.79 Å². The third-order valence-electron chi connectivity index (χ3n) is 1.61. The Morgan fingerprint density at radius 1 is 1.50 bits per heavy atom. The Labute approximate surface area is 80.1 Å². The molecule has 0 aromatic heterocycles. The average molecular weight is 196 g/mol. The normalized spacial score (nSPS) is 10.6. The van der Waals surface area contributed by atoms with Crippen molar-refractivity contribution in [3.05, 3.63) is 35.7 Å². The predicted octanol–water partition coefficient (Wildman–Crippen LogP) is 2.02. The molecule has 0 saturated heterocycles. The van der Waals surface area contributed by atoms with Gasteiger partial charge in [0.25, 0.3) is 0 Å². The highest BCUT2D eigenvalue weighted by molar-refractivity contribution is 5.71. The number of carboxylic acid groups (broad SMARTS) is 1. The van der Waals surface area contributed by atoms with Crippen molar-refractivity contribution < 1.29 is 19.4 Å². The van der Waals surface area contributed by atoms with E-state index in [4.69, 9.17) is 5.11 Å². The van der Waals surface area contributed by atoms with Gasteiger partial charge in [-0.15, -0.1) is 0 Å². The number of hydrogen-bond acceptors (Lipinski definition) is 2. The van der Waals surface area contributed by atoms with Gasteiger partial charge >= 0.3 is 5.97 Å². The summed E-state index contributed by atoms with van der Waals surface area (Å²) in [6.07, 6.45) is 2.55. The molecule has 4 heteroatoms. The first-order valence-corrected chi connectivity index (χ1v) is 3.97. The second kappa shape index (κ2) is 4.41. The first-order chi connectivity index (χ1) is 6.61. The van der Waals surface area contributed by atoms with E-state index in [1.165, 1.54) is 24.3 Å². The van der Waals surface area contributed by atoms with Crippen LogP contribution in [0.15, 0.2) is 24.3 Å². The fraction of sp³-hybridized carbons (Fsp3) is 0.100. The molecular weight excluding hydrogens is 187 g/mol. The number of aromatic hydroxyl groups is 1. The summed E-state index contributed by atoms with van der Waals surface area (Å²) in [7, 11) is 0. The largest absolute Gasteiger partial charge is 0.504 e. The van der Waals surface area contributed by atoms with Crippen LogP contribution in [0.3, 0.4) is 0 Å². The quantitative estimate of drug-likeness (QED) is 0.777. The lowest BCUT2D eigenvalue weighted by Gasteiger charge is -1.98. The van der Waals surface area contributed by atoms with E-state index in [9.17, 15) is 14.3 Å². The number of halogens is 1. The lowest BCUT2D eigenvalue weighted by atomic mass is 10.1. The molecule has 2 N–H and O–H groups in total. The molecule has 0 unspecified atom stereocenters. The van der Waals surface area contributed by atoms with E-state index >= 15 is 0 Å². The molecule has 1 rings (SSSR count). The Bertz CT molecular complexity index is 372. The van der Waals surface area contributed by atoms with Crippen molar-refractivity contribution in [3.8, 4) is 5.75 Å². The van der Waals surface area contributed by atoms with Crippen LogP contribution in [0.4, 0.5) is 4.39 Å². The SMILES string of the molecule is O=C(O)CC=Cc1cccc(F)c1O. The summed E-state index contributed by atoms with van der Waals surface area (Å²) < 4.78 is 12.8. The monoisotopic (exact) mass is 196 g/mol. The van der Waals surface area contributed by atoms with Crippen LogP contribution in [0.25, 0.3) is 6.08 Å². The van der Waals surface area contributed by atoms with E-state index in [-0.39, 0.29) is 12.0 Å². The van der Waals surface area contributed by atoms with Crippen molar-refractivity contribution in [1.29, 1.82) is 0 Å². The van der Waals surface area contributed by atoms with Crippen molar-refractivity contribution in [2.24, 2.45) is 0 Å². The molecule has 0 amide bonds. The molecule has 0 fully saturated rings. The van der Waals surface area contributed by atoms with Gasteiger partial charge in [0.15, 0.2) is 11.6 Å². The van der Waals surface area contributed by atoms with Gasteiger partial charge in [0, 0.05) is 5.56 Å². The van der Waals surface area contributed by atoms with Crippen LogP contribution < -0.4 is 0 Å². The third-order valence-corrected chi connectivity index (χ3v) is 1.61. The van der Waals surface area contributed by atoms with Crippen molar-refractivity contribution in [2.45, 2.75) is 6.42 Å². The zero-order valence-electron chi connectivity index (χ0n) is 7.27. The number of hydrogen-bond donors (Lipinski definition) is 2. The average Bonchev–Trinajstić information content (AvgIpc) is 2.12. The van der Waals surface area contributed by atoms with Crippen molar-refractivity contribution in [3.63, 3.8) is 0 Å². The van der Waals surface area contributed by atoms with Gasteiger partial charge in [0.2, 0.25) is 0 Å². The molecule has 0 saturated carbocycles. The van der Waals surface area contributed by atoms with Crippen LogP contribution in [0.1, 0.15) is 12.0 Å². The maximum Gasteiger partial charge on any atom is 0.307 e. The van der Waals surface area contributed by atoms with Crippen LogP contribution >= 0.6 is 0 Å². The van der Waals surface area contributed by atoms with Gasteiger partial charge in [0.1, 0.15) is 0 Å². The maximum atomic E-state index is 12.8. The molecule has 14 heavy (non-hydrogen) atoms. The van der Waals surface area contributed by atoms with Crippen LogP contribution in [0.5, 0.6) is 5.75 Å². The Kier molecular flexibility index (Phi) is 3.23. The lowest BCUT2D eigenvalue weighted by molar-refractivity contribution is -0.135. The summed E-state index contributed by atoms with van der Waals surface area (Å²) in [5.41, 5.74) is 0.270. The number of para-hydroxylation sites is 1. The minimum Gasteiger partial charge on any atom is -0.504 e. The molecule has 0 spiro atoms. The summed E-state index contributed by atoms with van der Waals surface area (Å²) in [5.74, 6) is -2.16. The van der Waals surface area contributed by atoms with Gasteiger partial charge in [0.05, 0.1) is 6.42 Å². The van der Waals surface area contributed by atoms with E-state index in [1.807, 2.05) is 0 Å². The molecule has 1 aromatic rings. The van der Waals surface area contributed by atoms with Gasteiger partial charge in [-0.2, -0.15) is 0 Å². The van der Waals surface area contributed by atoms with Gasteiger partial charge in [-0.05, 0) is 6.07 Å². The van der Waals surface area contributed by atoms with Gasteiger partial charge in [-0.25, -0.2) is 4.39 Å². The topological polar surface area (TPSA) is 57.5 Å². The number of carbonyl (C=O) groups is 1. The number of benzene rings is 1. The van der Waals surface area contributed by atoms with Gasteiger partial charge in [-0.1, -0.05) is 24.3 Å². The summed E-state index contributed by atoms with van der Waals surface area (Å²) in [6.45, 7) is 0. The molecule has 0 atom stereocenters. The summed E-state index contributed by atoms with van der Waals surface area (Å²) in [6, 6.07) is 4.07. The fourth-order valence-corrected chi connectivity index (χ4v) is 0.953. The Morgan fingerprint density at radius 2 is 2.21 bits per heavy atom. The zero-order valence-corrected chi connectivity index (χ0v) is 7.27. The van der Waals surface area contributed by atoms with Crippen LogP contribution in [-0.2, 0) is 4.79 Å². The highest BCUT2D eigenvalue weighted by Crippen LogP contribution is 2.21. The summed E-state index contributed by atoms with van der Waals surface area (Å²) in [4.78, 5) is 10.2. The molecule has 0 bridgehead atoms. The minimum atomic E-state index is -0.975. The first-order valence-electron chi connectivity index (χ1n) is 3.97. The molecule has 3 nitrogen and oxygen atoms in total.